The molecule has 2 aliphatic rings. The average molecular weight is 453 g/mol. The van der Waals surface area contributed by atoms with Crippen LogP contribution in [0, 0.1) is 5.92 Å². The van der Waals surface area contributed by atoms with Crippen LogP contribution in [0.5, 0.6) is 11.5 Å². The molecule has 9 heteroatoms. The second-order valence-corrected chi connectivity index (χ2v) is 10.3. The van der Waals surface area contributed by atoms with Crippen LogP contribution in [0.2, 0.25) is 0 Å². The van der Waals surface area contributed by atoms with Crippen molar-refractivity contribution in [3.05, 3.63) is 59.2 Å². The van der Waals surface area contributed by atoms with Crippen molar-refractivity contribution in [2.45, 2.75) is 32.0 Å². The number of hydrogen-bond donors (Lipinski definition) is 0. The van der Waals surface area contributed by atoms with Crippen LogP contribution in [0.1, 0.15) is 29.5 Å². The number of rotatable bonds is 3. The van der Waals surface area contributed by atoms with Crippen LogP contribution in [-0.2, 0) is 33.8 Å². The second-order valence-electron chi connectivity index (χ2n) is 7.99. The Bertz CT molecular complexity index is 1070. The molecule has 0 unspecified atom stereocenters. The van der Waals surface area contributed by atoms with Gasteiger partial charge in [0.1, 0.15) is 21.3 Å². The lowest BCUT2D eigenvalue weighted by Gasteiger charge is -2.33. The molecule has 1 amide bonds. The first kappa shape index (κ1) is 21.7. The third kappa shape index (κ3) is 5.03. The van der Waals surface area contributed by atoms with Gasteiger partial charge in [-0.2, -0.15) is 13.2 Å². The zero-order chi connectivity index (χ0) is 22.2. The van der Waals surface area contributed by atoms with Crippen molar-refractivity contribution in [1.29, 1.82) is 0 Å². The van der Waals surface area contributed by atoms with E-state index in [0.29, 0.717) is 43.9 Å². The van der Waals surface area contributed by atoms with Crippen LogP contribution in [0.4, 0.5) is 13.2 Å². The molecular weight excluding hydrogens is 431 g/mol. The van der Waals surface area contributed by atoms with E-state index in [9.17, 15) is 26.4 Å². The smallest absolute Gasteiger partial charge is 0.416 e. The standard InChI is InChI=1S/C22H22F3NO4S/c23-22(24,25)18-2-5-19(6-3-18)30-20-4-1-17-14-26(10-7-16(17)13-20)21(27)15-8-11-31(28,29)12-9-15/h1-6,13,15H,7-12,14H2. The number of carbonyl (C=O) groups excluding carboxylic acids is 1. The Morgan fingerprint density at radius 1 is 0.968 bits per heavy atom. The van der Waals surface area contributed by atoms with E-state index < -0.39 is 21.6 Å². The molecule has 0 saturated carbocycles. The van der Waals surface area contributed by atoms with Crippen molar-refractivity contribution in [3.8, 4) is 11.5 Å². The summed E-state index contributed by atoms with van der Waals surface area (Å²) < 4.78 is 66.9. The first-order valence-corrected chi connectivity index (χ1v) is 11.9. The quantitative estimate of drug-likeness (QED) is 0.699. The minimum absolute atomic E-state index is 0.00521. The summed E-state index contributed by atoms with van der Waals surface area (Å²) in [6.07, 6.45) is -3.00. The Labute approximate surface area is 178 Å². The topological polar surface area (TPSA) is 63.7 Å². The highest BCUT2D eigenvalue weighted by molar-refractivity contribution is 7.91. The van der Waals surface area contributed by atoms with Crippen molar-refractivity contribution in [3.63, 3.8) is 0 Å². The van der Waals surface area contributed by atoms with Gasteiger partial charge < -0.3 is 9.64 Å². The SMILES string of the molecule is O=C(C1CCS(=O)(=O)CC1)N1CCc2cc(Oc3ccc(C(F)(F)F)cc3)ccc2C1. The summed E-state index contributed by atoms with van der Waals surface area (Å²) in [6.45, 7) is 0.997. The van der Waals surface area contributed by atoms with E-state index in [-0.39, 0.29) is 23.3 Å². The van der Waals surface area contributed by atoms with Gasteiger partial charge in [0.25, 0.3) is 0 Å². The molecular formula is C22H22F3NO4S. The minimum Gasteiger partial charge on any atom is -0.457 e. The maximum Gasteiger partial charge on any atom is 0.416 e. The molecule has 2 aromatic carbocycles. The molecule has 0 spiro atoms. The number of benzene rings is 2. The molecule has 31 heavy (non-hydrogen) atoms. The lowest BCUT2D eigenvalue weighted by atomic mass is 9.96. The predicted octanol–water partition coefficient (Wildman–Crippen LogP) is 4.21. The lowest BCUT2D eigenvalue weighted by molar-refractivity contribution is -0.138. The van der Waals surface area contributed by atoms with E-state index >= 15 is 0 Å². The van der Waals surface area contributed by atoms with Crippen LogP contribution in [0.3, 0.4) is 0 Å². The Kier molecular flexibility index (Phi) is 5.72. The zero-order valence-corrected chi connectivity index (χ0v) is 17.5. The fourth-order valence-corrected chi connectivity index (χ4v) is 5.52. The molecule has 0 aromatic heterocycles. The zero-order valence-electron chi connectivity index (χ0n) is 16.7. The maximum atomic E-state index is 12.8. The van der Waals surface area contributed by atoms with Crippen molar-refractivity contribution in [1.82, 2.24) is 4.90 Å². The molecule has 0 aliphatic carbocycles. The van der Waals surface area contributed by atoms with Crippen molar-refractivity contribution < 1.29 is 31.1 Å². The molecule has 1 fully saturated rings. The van der Waals surface area contributed by atoms with Gasteiger partial charge in [0, 0.05) is 19.0 Å². The lowest BCUT2D eigenvalue weighted by Crippen LogP contribution is -2.42. The highest BCUT2D eigenvalue weighted by atomic mass is 32.2. The predicted molar refractivity (Wildman–Crippen MR) is 108 cm³/mol. The fraction of sp³-hybridized carbons (Fsp3) is 0.409. The summed E-state index contributed by atoms with van der Waals surface area (Å²) in [4.78, 5) is 14.6. The molecule has 0 bridgehead atoms. The summed E-state index contributed by atoms with van der Waals surface area (Å²) in [5.74, 6) is 0.735. The molecule has 1 saturated heterocycles. The van der Waals surface area contributed by atoms with E-state index in [4.69, 9.17) is 4.74 Å². The fourth-order valence-electron chi connectivity index (χ4n) is 4.02. The Morgan fingerprint density at radius 3 is 2.26 bits per heavy atom. The highest BCUT2D eigenvalue weighted by Gasteiger charge is 2.33. The number of carbonyl (C=O) groups is 1. The van der Waals surface area contributed by atoms with Gasteiger partial charge in [0.2, 0.25) is 5.91 Å². The van der Waals surface area contributed by atoms with Crippen LogP contribution < -0.4 is 4.74 Å². The molecule has 0 radical (unpaired) electrons. The molecule has 5 nitrogen and oxygen atoms in total. The van der Waals surface area contributed by atoms with Gasteiger partial charge in [-0.1, -0.05) is 6.07 Å². The van der Waals surface area contributed by atoms with Gasteiger partial charge in [-0.3, -0.25) is 4.79 Å². The van der Waals surface area contributed by atoms with E-state index in [1.54, 1.807) is 11.0 Å². The molecule has 4 rings (SSSR count). The summed E-state index contributed by atoms with van der Waals surface area (Å²) in [6, 6.07) is 9.97. The van der Waals surface area contributed by atoms with E-state index in [0.717, 1.165) is 23.3 Å². The van der Waals surface area contributed by atoms with Crippen molar-refractivity contribution >= 4 is 15.7 Å². The van der Waals surface area contributed by atoms with Gasteiger partial charge in [0.05, 0.1) is 17.1 Å². The summed E-state index contributed by atoms with van der Waals surface area (Å²) in [7, 11) is -3.01. The Balaban J connectivity index is 1.40. The van der Waals surface area contributed by atoms with Gasteiger partial charge in [-0.05, 0) is 66.8 Å². The number of fused-ring (bicyclic) bond motifs is 1. The maximum absolute atomic E-state index is 12.8. The van der Waals surface area contributed by atoms with Crippen LogP contribution in [-0.4, -0.2) is 37.3 Å². The van der Waals surface area contributed by atoms with Gasteiger partial charge in [0.15, 0.2) is 0 Å². The van der Waals surface area contributed by atoms with Crippen molar-refractivity contribution in [2.24, 2.45) is 5.92 Å². The number of nitrogens with zero attached hydrogens (tertiary/aromatic N) is 1. The van der Waals surface area contributed by atoms with Gasteiger partial charge in [-0.25, -0.2) is 8.42 Å². The molecule has 2 heterocycles. The van der Waals surface area contributed by atoms with Crippen LogP contribution >= 0.6 is 0 Å². The van der Waals surface area contributed by atoms with E-state index in [1.165, 1.54) is 12.1 Å². The first-order valence-electron chi connectivity index (χ1n) is 10.1. The summed E-state index contributed by atoms with van der Waals surface area (Å²) in [5.41, 5.74) is 1.29. The van der Waals surface area contributed by atoms with Gasteiger partial charge in [-0.15, -0.1) is 0 Å². The molecule has 166 valence electrons. The Morgan fingerprint density at radius 2 is 1.61 bits per heavy atom. The number of amides is 1. The number of halogens is 3. The number of alkyl halides is 3. The number of ether oxygens (including phenoxy) is 1. The largest absolute Gasteiger partial charge is 0.457 e. The van der Waals surface area contributed by atoms with Crippen molar-refractivity contribution in [2.75, 3.05) is 18.1 Å². The van der Waals surface area contributed by atoms with E-state index in [2.05, 4.69) is 0 Å². The molecule has 0 atom stereocenters. The van der Waals surface area contributed by atoms with Gasteiger partial charge >= 0.3 is 6.18 Å². The van der Waals surface area contributed by atoms with Crippen LogP contribution in [0.25, 0.3) is 0 Å². The normalized spacial score (nSPS) is 19.0. The third-order valence-corrected chi connectivity index (χ3v) is 7.54. The second kappa shape index (κ2) is 8.18. The van der Waals surface area contributed by atoms with Crippen LogP contribution in [0.15, 0.2) is 42.5 Å². The monoisotopic (exact) mass is 453 g/mol. The summed E-state index contributed by atoms with van der Waals surface area (Å²) in [5, 5.41) is 0. The Hall–Kier alpha value is -2.55. The molecule has 2 aromatic rings. The average Bonchev–Trinajstić information content (AvgIpc) is 2.72. The molecule has 2 aliphatic heterocycles. The third-order valence-electron chi connectivity index (χ3n) is 5.82. The minimum atomic E-state index is -4.39. The summed E-state index contributed by atoms with van der Waals surface area (Å²) >= 11 is 0. The number of sulfone groups is 1. The van der Waals surface area contributed by atoms with E-state index in [1.807, 2.05) is 12.1 Å². The number of hydrogen-bond acceptors (Lipinski definition) is 4. The highest BCUT2D eigenvalue weighted by Crippen LogP contribution is 2.33. The first-order chi connectivity index (χ1) is 14.6. The molecule has 0 N–H and O–H groups in total.